The molecule has 0 aliphatic carbocycles. The monoisotopic (exact) mass is 366 g/mol. The van der Waals surface area contributed by atoms with Crippen LogP contribution in [0.4, 0.5) is 17.1 Å². The molecule has 0 radical (unpaired) electrons. The van der Waals surface area contributed by atoms with Crippen LogP contribution in [0.15, 0.2) is 59.6 Å². The number of rotatable bonds is 10. The number of aliphatic imine (C=N–C) groups is 1. The average molecular weight is 366 g/mol. The number of carbonyl (C=O) groups is 1. The van der Waals surface area contributed by atoms with E-state index in [1.54, 1.807) is 30.3 Å². The smallest absolute Gasteiger partial charge is 0.258 e. The van der Waals surface area contributed by atoms with Crippen LogP contribution in [0, 0.1) is 5.21 Å². The summed E-state index contributed by atoms with van der Waals surface area (Å²) in [5.41, 5.74) is 2.11. The summed E-state index contributed by atoms with van der Waals surface area (Å²) < 4.78 is 0. The van der Waals surface area contributed by atoms with Gasteiger partial charge in [-0.3, -0.25) is 9.79 Å². The number of benzene rings is 2. The second-order valence-corrected chi connectivity index (χ2v) is 6.44. The normalized spacial score (nSPS) is 10.9. The van der Waals surface area contributed by atoms with Gasteiger partial charge >= 0.3 is 0 Å². The molecule has 5 nitrogen and oxygen atoms in total. The standard InChI is InChI=1S/C22H28N3O2/c1-3-5-16-24(17-6-4-2)20-14-12-19(13-15-20)23-18-22(26)25(27)21-10-8-7-9-11-21/h7-15,18H,3-6,16-17H2,1-2H3/q-1. The zero-order valence-electron chi connectivity index (χ0n) is 16.2. The zero-order valence-corrected chi connectivity index (χ0v) is 16.2. The predicted molar refractivity (Wildman–Crippen MR) is 114 cm³/mol. The van der Waals surface area contributed by atoms with Crippen LogP contribution in [0.1, 0.15) is 39.5 Å². The van der Waals surface area contributed by atoms with Crippen molar-refractivity contribution in [2.75, 3.05) is 23.1 Å². The molecule has 0 spiro atoms. The summed E-state index contributed by atoms with van der Waals surface area (Å²) in [6.45, 7) is 6.47. The van der Waals surface area contributed by atoms with Gasteiger partial charge in [-0.15, -0.1) is 0 Å². The molecule has 0 aromatic heterocycles. The number of para-hydroxylation sites is 1. The van der Waals surface area contributed by atoms with E-state index < -0.39 is 5.91 Å². The molecule has 27 heavy (non-hydrogen) atoms. The molecule has 0 saturated heterocycles. The average Bonchev–Trinajstić information content (AvgIpc) is 2.72. The first kappa shape index (κ1) is 20.6. The quantitative estimate of drug-likeness (QED) is 0.422. The Morgan fingerprint density at radius 2 is 1.52 bits per heavy atom. The fourth-order valence-electron chi connectivity index (χ4n) is 2.69. The van der Waals surface area contributed by atoms with Gasteiger partial charge < -0.3 is 15.2 Å². The Morgan fingerprint density at radius 3 is 2.07 bits per heavy atom. The second-order valence-electron chi connectivity index (χ2n) is 6.44. The van der Waals surface area contributed by atoms with Crippen LogP contribution in [0.3, 0.4) is 0 Å². The number of nitrogens with zero attached hydrogens (tertiary/aromatic N) is 3. The summed E-state index contributed by atoms with van der Waals surface area (Å²) >= 11 is 0. The maximum atomic E-state index is 12.0. The van der Waals surface area contributed by atoms with Crippen molar-refractivity contribution >= 4 is 29.2 Å². The van der Waals surface area contributed by atoms with Gasteiger partial charge in [0, 0.05) is 24.5 Å². The molecule has 0 aliphatic rings. The molecule has 2 rings (SSSR count). The van der Waals surface area contributed by atoms with Crippen molar-refractivity contribution in [2.45, 2.75) is 39.5 Å². The lowest BCUT2D eigenvalue weighted by molar-refractivity contribution is -0.111. The first-order chi connectivity index (χ1) is 13.2. The Morgan fingerprint density at radius 1 is 0.926 bits per heavy atom. The molecule has 2 aromatic carbocycles. The van der Waals surface area contributed by atoms with E-state index in [1.807, 2.05) is 24.3 Å². The fraction of sp³-hybridized carbons (Fsp3) is 0.364. The summed E-state index contributed by atoms with van der Waals surface area (Å²) in [5.74, 6) is -0.696. The van der Waals surface area contributed by atoms with E-state index in [4.69, 9.17) is 0 Å². The summed E-state index contributed by atoms with van der Waals surface area (Å²) in [7, 11) is 0. The highest BCUT2D eigenvalue weighted by molar-refractivity contribution is 6.33. The van der Waals surface area contributed by atoms with Crippen LogP contribution >= 0.6 is 0 Å². The highest BCUT2D eigenvalue weighted by Crippen LogP contribution is 2.21. The molecule has 5 heteroatoms. The second kappa shape index (κ2) is 11.1. The number of hydroxylamine groups is 1. The summed E-state index contributed by atoms with van der Waals surface area (Å²) in [6, 6.07) is 16.2. The van der Waals surface area contributed by atoms with E-state index >= 15 is 0 Å². The maximum absolute atomic E-state index is 12.0. The Labute approximate surface area is 161 Å². The van der Waals surface area contributed by atoms with Crippen molar-refractivity contribution in [1.82, 2.24) is 0 Å². The lowest BCUT2D eigenvalue weighted by Crippen LogP contribution is -2.25. The Balaban J connectivity index is 2.00. The molecule has 2 aromatic rings. The van der Waals surface area contributed by atoms with Crippen molar-refractivity contribution < 1.29 is 4.79 Å². The molecule has 0 aliphatic heterocycles. The van der Waals surface area contributed by atoms with Crippen molar-refractivity contribution in [3.05, 3.63) is 59.8 Å². The molecule has 144 valence electrons. The van der Waals surface area contributed by atoms with Crippen LogP contribution < -0.4 is 9.96 Å². The fourth-order valence-corrected chi connectivity index (χ4v) is 2.69. The number of amides is 1. The molecule has 0 heterocycles. The third-order valence-electron chi connectivity index (χ3n) is 4.29. The lowest BCUT2D eigenvalue weighted by Gasteiger charge is -2.26. The first-order valence-corrected chi connectivity index (χ1v) is 9.61. The van der Waals surface area contributed by atoms with E-state index in [-0.39, 0.29) is 0 Å². The van der Waals surface area contributed by atoms with Gasteiger partial charge in [-0.05, 0) is 49.2 Å². The number of hydrogen-bond donors (Lipinski definition) is 0. The minimum absolute atomic E-state index is 0.298. The number of anilines is 2. The van der Waals surface area contributed by atoms with Gasteiger partial charge in [0.1, 0.15) is 0 Å². The molecule has 0 unspecified atom stereocenters. The third kappa shape index (κ3) is 6.53. The summed E-state index contributed by atoms with van der Waals surface area (Å²) in [5, 5.41) is 12.3. The Kier molecular flexibility index (Phi) is 8.52. The highest BCUT2D eigenvalue weighted by Gasteiger charge is 2.06. The van der Waals surface area contributed by atoms with Crippen molar-refractivity contribution in [2.24, 2.45) is 4.99 Å². The number of unbranched alkanes of at least 4 members (excludes halogenated alkanes) is 2. The van der Waals surface area contributed by atoms with Gasteiger partial charge in [0.05, 0.1) is 11.9 Å². The maximum Gasteiger partial charge on any atom is 0.258 e. The van der Waals surface area contributed by atoms with Crippen LogP contribution in [-0.2, 0) is 4.79 Å². The molecule has 1 amide bonds. The van der Waals surface area contributed by atoms with Gasteiger partial charge in [-0.1, -0.05) is 44.9 Å². The van der Waals surface area contributed by atoms with Gasteiger partial charge in [-0.25, -0.2) is 0 Å². The van der Waals surface area contributed by atoms with Crippen molar-refractivity contribution in [3.63, 3.8) is 0 Å². The van der Waals surface area contributed by atoms with Gasteiger partial charge in [-0.2, -0.15) is 0 Å². The third-order valence-corrected chi connectivity index (χ3v) is 4.29. The highest BCUT2D eigenvalue weighted by atomic mass is 16.5. The Hall–Kier alpha value is -2.66. The summed E-state index contributed by atoms with van der Waals surface area (Å²) in [4.78, 5) is 18.5. The molecular weight excluding hydrogens is 338 g/mol. The molecule has 0 atom stereocenters. The van der Waals surface area contributed by atoms with Crippen LogP contribution in [0.25, 0.3) is 0 Å². The van der Waals surface area contributed by atoms with E-state index in [9.17, 15) is 10.0 Å². The van der Waals surface area contributed by atoms with Gasteiger partial charge in [0.25, 0.3) is 5.91 Å². The molecule has 0 fully saturated rings. The topological polar surface area (TPSA) is 59.0 Å². The minimum Gasteiger partial charge on any atom is -0.751 e. The van der Waals surface area contributed by atoms with Gasteiger partial charge in [0.2, 0.25) is 0 Å². The zero-order chi connectivity index (χ0) is 19.5. The van der Waals surface area contributed by atoms with Crippen LogP contribution in [-0.4, -0.2) is 25.2 Å². The van der Waals surface area contributed by atoms with Crippen molar-refractivity contribution in [1.29, 1.82) is 0 Å². The number of carbonyl (C=O) groups excluding carboxylic acids is 1. The first-order valence-electron chi connectivity index (χ1n) is 9.61. The lowest BCUT2D eigenvalue weighted by atomic mass is 10.2. The number of hydrogen-bond acceptors (Lipinski definition) is 4. The largest absolute Gasteiger partial charge is 0.751 e. The van der Waals surface area contributed by atoms with E-state index in [1.165, 1.54) is 12.8 Å². The van der Waals surface area contributed by atoms with E-state index in [0.717, 1.165) is 37.8 Å². The molecule has 0 saturated carbocycles. The minimum atomic E-state index is -0.696. The molecule has 0 bridgehead atoms. The molecule has 0 N–H and O–H groups in total. The van der Waals surface area contributed by atoms with Crippen LogP contribution in [0.2, 0.25) is 0 Å². The van der Waals surface area contributed by atoms with E-state index in [0.29, 0.717) is 16.4 Å². The van der Waals surface area contributed by atoms with Crippen LogP contribution in [0.5, 0.6) is 0 Å². The van der Waals surface area contributed by atoms with Crippen molar-refractivity contribution in [3.8, 4) is 0 Å². The van der Waals surface area contributed by atoms with Gasteiger partial charge in [0.15, 0.2) is 0 Å². The molecular formula is C22H28N3O2-. The summed E-state index contributed by atoms with van der Waals surface area (Å²) in [6.07, 6.45) is 5.73. The predicted octanol–water partition coefficient (Wildman–Crippen LogP) is 5.33. The Bertz CT molecular complexity index is 706. The SMILES string of the molecule is CCCCN(CCCC)c1ccc(N=CC(=O)N([O-])c2ccccc2)cc1. The van der Waals surface area contributed by atoms with E-state index in [2.05, 4.69) is 23.7 Å².